The van der Waals surface area contributed by atoms with E-state index >= 15 is 0 Å². The normalized spacial score (nSPS) is 18.2. The second-order valence-electron chi connectivity index (χ2n) is 6.87. The Hall–Kier alpha value is -2.72. The van der Waals surface area contributed by atoms with Crippen LogP contribution < -0.4 is 0 Å². The Morgan fingerprint density at radius 3 is 2.07 bits per heavy atom. The molecule has 1 rings (SSSR count). The summed E-state index contributed by atoms with van der Waals surface area (Å²) >= 11 is 0. The second-order valence-corrected chi connectivity index (χ2v) is 6.87. The van der Waals surface area contributed by atoms with Gasteiger partial charge < -0.3 is 24.6 Å². The molecule has 0 aliphatic carbocycles. The van der Waals surface area contributed by atoms with Crippen LogP contribution in [0.2, 0.25) is 0 Å². The van der Waals surface area contributed by atoms with Crippen LogP contribution in [0.15, 0.2) is 25.3 Å². The maximum absolute atomic E-state index is 12.8. The largest absolute Gasteiger partial charge is 0.460 e. The van der Waals surface area contributed by atoms with Crippen molar-refractivity contribution in [3.05, 3.63) is 25.3 Å². The summed E-state index contributed by atoms with van der Waals surface area (Å²) in [6, 6.07) is -1.47. The fraction of sp³-hybridized carbons (Fsp3) is 0.600. The number of carbonyl (C=O) groups is 4. The quantitative estimate of drug-likeness (QED) is 0.176. The molecule has 0 aromatic carbocycles. The third-order valence-corrected chi connectivity index (χ3v) is 4.46. The number of nitrogens with zero attached hydrogens (tertiary/aromatic N) is 2. The van der Waals surface area contributed by atoms with Gasteiger partial charge in [0, 0.05) is 12.2 Å². The zero-order chi connectivity index (χ0) is 22.7. The van der Waals surface area contributed by atoms with Crippen LogP contribution in [0, 0.1) is 0 Å². The molecule has 0 aromatic rings. The second kappa shape index (κ2) is 12.8. The Morgan fingerprint density at radius 1 is 1.03 bits per heavy atom. The van der Waals surface area contributed by atoms with Gasteiger partial charge in [-0.2, -0.15) is 0 Å². The number of amides is 3. The van der Waals surface area contributed by atoms with Crippen LogP contribution in [0.3, 0.4) is 0 Å². The predicted molar refractivity (Wildman–Crippen MR) is 106 cm³/mol. The van der Waals surface area contributed by atoms with Crippen molar-refractivity contribution in [3.63, 3.8) is 0 Å². The number of imide groups is 1. The highest BCUT2D eigenvalue weighted by Crippen LogP contribution is 2.23. The van der Waals surface area contributed by atoms with E-state index in [-0.39, 0.29) is 19.7 Å². The molecule has 1 aliphatic rings. The highest BCUT2D eigenvalue weighted by molar-refractivity contribution is 6.04. The lowest BCUT2D eigenvalue weighted by molar-refractivity contribution is -0.142. The first-order chi connectivity index (χ1) is 14.2. The molecule has 3 amide bonds. The number of hydrogen-bond donors (Lipinski definition) is 2. The van der Waals surface area contributed by atoms with Gasteiger partial charge in [-0.15, -0.1) is 0 Å². The molecule has 0 radical (unpaired) electrons. The van der Waals surface area contributed by atoms with Gasteiger partial charge in [0.1, 0.15) is 31.5 Å². The Kier molecular flexibility index (Phi) is 10.8. The lowest BCUT2D eigenvalue weighted by Gasteiger charge is -2.24. The van der Waals surface area contributed by atoms with E-state index in [0.717, 1.165) is 29.9 Å². The predicted octanol–water partition coefficient (Wildman–Crippen LogP) is 0.380. The van der Waals surface area contributed by atoms with E-state index in [9.17, 15) is 29.4 Å². The van der Waals surface area contributed by atoms with Crippen LogP contribution in [-0.4, -0.2) is 88.4 Å². The average molecular weight is 426 g/mol. The summed E-state index contributed by atoms with van der Waals surface area (Å²) in [5.41, 5.74) is 0. The summed E-state index contributed by atoms with van der Waals surface area (Å²) in [4.78, 5) is 49.9. The van der Waals surface area contributed by atoms with Crippen LogP contribution in [0.1, 0.15) is 32.6 Å². The first-order valence-corrected chi connectivity index (χ1v) is 9.81. The minimum absolute atomic E-state index is 0.218. The molecule has 30 heavy (non-hydrogen) atoms. The van der Waals surface area contributed by atoms with Gasteiger partial charge in [-0.25, -0.2) is 14.4 Å². The van der Waals surface area contributed by atoms with Crippen molar-refractivity contribution in [2.24, 2.45) is 0 Å². The van der Waals surface area contributed by atoms with E-state index in [1.165, 1.54) is 4.90 Å². The number of rotatable bonds is 14. The maximum Gasteiger partial charge on any atom is 0.330 e. The van der Waals surface area contributed by atoms with E-state index in [4.69, 9.17) is 9.47 Å². The van der Waals surface area contributed by atoms with Gasteiger partial charge in [-0.1, -0.05) is 39.3 Å². The first kappa shape index (κ1) is 25.3. The summed E-state index contributed by atoms with van der Waals surface area (Å²) in [7, 11) is 0. The monoisotopic (exact) mass is 426 g/mol. The molecule has 168 valence electrons. The van der Waals surface area contributed by atoms with E-state index in [1.54, 1.807) is 0 Å². The average Bonchev–Trinajstić information content (AvgIpc) is 2.94. The van der Waals surface area contributed by atoms with Gasteiger partial charge in [-0.05, 0) is 6.42 Å². The Bertz CT molecular complexity index is 651. The third-order valence-electron chi connectivity index (χ3n) is 4.46. The maximum atomic E-state index is 12.8. The molecular formula is C20H30N2O8. The topological polar surface area (TPSA) is 134 Å². The lowest BCUT2D eigenvalue weighted by atomic mass is 10.1. The Labute approximate surface area is 175 Å². The van der Waals surface area contributed by atoms with Gasteiger partial charge >= 0.3 is 18.0 Å². The van der Waals surface area contributed by atoms with Gasteiger partial charge in [-0.3, -0.25) is 9.69 Å². The van der Waals surface area contributed by atoms with Crippen molar-refractivity contribution < 1.29 is 38.9 Å². The van der Waals surface area contributed by atoms with E-state index < -0.39 is 48.7 Å². The zero-order valence-electron chi connectivity index (χ0n) is 17.2. The Morgan fingerprint density at radius 2 is 1.57 bits per heavy atom. The lowest BCUT2D eigenvalue weighted by Crippen LogP contribution is -2.43. The standard InChI is InChI=1S/C20H30N2O8/c1-4-7-8-9-16-19(27)22(11-15(24)13-30-18(26)6-3)20(28)21(16)10-14(23)12-29-17(25)5-2/h5-6,14-16,23-24H,2-4,7-13H2,1H3. The molecule has 10 heteroatoms. The van der Waals surface area contributed by atoms with Crippen molar-refractivity contribution in [2.45, 2.75) is 50.9 Å². The van der Waals surface area contributed by atoms with Gasteiger partial charge in [0.2, 0.25) is 0 Å². The Balaban J connectivity index is 2.81. The molecule has 0 bridgehead atoms. The van der Waals surface area contributed by atoms with Crippen molar-refractivity contribution >= 4 is 23.9 Å². The van der Waals surface area contributed by atoms with Crippen LogP contribution in [0.4, 0.5) is 4.79 Å². The van der Waals surface area contributed by atoms with Crippen LogP contribution in [-0.2, 0) is 23.9 Å². The third kappa shape index (κ3) is 7.60. The molecule has 0 saturated carbocycles. The minimum atomic E-state index is -1.27. The van der Waals surface area contributed by atoms with Gasteiger partial charge in [0.25, 0.3) is 5.91 Å². The number of hydrogen-bond acceptors (Lipinski definition) is 8. The van der Waals surface area contributed by atoms with E-state index in [0.29, 0.717) is 12.8 Å². The number of ether oxygens (including phenoxy) is 2. The highest BCUT2D eigenvalue weighted by Gasteiger charge is 2.45. The van der Waals surface area contributed by atoms with Crippen molar-refractivity contribution in [2.75, 3.05) is 26.3 Å². The first-order valence-electron chi connectivity index (χ1n) is 9.81. The molecule has 0 aromatic heterocycles. The molecule has 0 spiro atoms. The van der Waals surface area contributed by atoms with Crippen molar-refractivity contribution in [1.29, 1.82) is 0 Å². The zero-order valence-corrected chi connectivity index (χ0v) is 17.2. The van der Waals surface area contributed by atoms with Crippen molar-refractivity contribution in [3.8, 4) is 0 Å². The summed E-state index contributed by atoms with van der Waals surface area (Å²) in [6.07, 6.45) is 2.31. The molecule has 10 nitrogen and oxygen atoms in total. The fourth-order valence-corrected chi connectivity index (χ4v) is 2.95. The minimum Gasteiger partial charge on any atom is -0.460 e. The summed E-state index contributed by atoms with van der Waals surface area (Å²) in [5.74, 6) is -1.94. The van der Waals surface area contributed by atoms with E-state index in [1.807, 2.05) is 6.92 Å². The van der Waals surface area contributed by atoms with Crippen molar-refractivity contribution in [1.82, 2.24) is 9.80 Å². The molecular weight excluding hydrogens is 396 g/mol. The number of β-amino-alcohol motifs (C(OH)–C–C–N with tert-alkyl or cyclic N) is 2. The smallest absolute Gasteiger partial charge is 0.330 e. The fourth-order valence-electron chi connectivity index (χ4n) is 2.95. The summed E-state index contributed by atoms with van der Waals surface area (Å²) in [5, 5.41) is 20.2. The van der Waals surface area contributed by atoms with Gasteiger partial charge in [0.15, 0.2) is 0 Å². The molecule has 1 saturated heterocycles. The van der Waals surface area contributed by atoms with E-state index in [2.05, 4.69) is 13.2 Å². The summed E-state index contributed by atoms with van der Waals surface area (Å²) < 4.78 is 9.51. The molecule has 1 aliphatic heterocycles. The molecule has 2 N–H and O–H groups in total. The molecule has 1 heterocycles. The number of carbonyl (C=O) groups excluding carboxylic acids is 4. The molecule has 1 fully saturated rings. The number of aliphatic hydroxyl groups is 2. The number of unbranched alkanes of at least 4 members (excludes halogenated alkanes) is 2. The molecule has 3 unspecified atom stereocenters. The number of urea groups is 1. The van der Waals surface area contributed by atoms with Crippen LogP contribution in [0.5, 0.6) is 0 Å². The number of aliphatic hydroxyl groups excluding tert-OH is 2. The summed E-state index contributed by atoms with van der Waals surface area (Å²) in [6.45, 7) is 7.16. The van der Waals surface area contributed by atoms with Crippen LogP contribution in [0.25, 0.3) is 0 Å². The molecule has 3 atom stereocenters. The van der Waals surface area contributed by atoms with Gasteiger partial charge in [0.05, 0.1) is 13.1 Å². The SMILES string of the molecule is C=CC(=O)OCC(O)CN1C(=O)C(CCCCC)N(CC(O)COC(=O)C=C)C1=O. The van der Waals surface area contributed by atoms with Crippen LogP contribution >= 0.6 is 0 Å². The number of esters is 2. The highest BCUT2D eigenvalue weighted by atomic mass is 16.5.